The first kappa shape index (κ1) is 17.8. The molecule has 1 fully saturated rings. The molecule has 0 radical (unpaired) electrons. The van der Waals surface area contributed by atoms with Gasteiger partial charge in [0.2, 0.25) is 0 Å². The fraction of sp³-hybridized carbons (Fsp3) is 0.529. The van der Waals surface area contributed by atoms with Crippen molar-refractivity contribution in [3.63, 3.8) is 0 Å². The van der Waals surface area contributed by atoms with Crippen LogP contribution in [0.5, 0.6) is 0 Å². The Morgan fingerprint density at radius 1 is 1.22 bits per heavy atom. The van der Waals surface area contributed by atoms with E-state index in [1.54, 1.807) is 4.90 Å². The molecule has 0 bridgehead atoms. The van der Waals surface area contributed by atoms with Gasteiger partial charge in [0.1, 0.15) is 6.61 Å². The molecule has 0 saturated carbocycles. The highest BCUT2D eigenvalue weighted by Crippen LogP contribution is 2.30. The fourth-order valence-electron chi connectivity index (χ4n) is 2.94. The molecule has 6 heteroatoms. The molecular weight excluding hydrogens is 362 g/mol. The third-order valence-electron chi connectivity index (χ3n) is 4.11. The number of methoxy groups -OCH3 is 1. The fourth-order valence-corrected chi connectivity index (χ4v) is 3.47. The summed E-state index contributed by atoms with van der Waals surface area (Å²) < 4.78 is 10.2. The van der Waals surface area contributed by atoms with Crippen molar-refractivity contribution in [2.24, 2.45) is 0 Å². The number of alkyl halides is 1. The number of amides is 1. The number of carbonyl (C=O) groups excluding carboxylic acids is 2. The summed E-state index contributed by atoms with van der Waals surface area (Å²) in [7, 11) is 1.37. The first-order valence-corrected chi connectivity index (χ1v) is 8.89. The van der Waals surface area contributed by atoms with Gasteiger partial charge in [0.15, 0.2) is 0 Å². The van der Waals surface area contributed by atoms with Crippen LogP contribution in [0.3, 0.4) is 0 Å². The van der Waals surface area contributed by atoms with Crippen LogP contribution in [0.25, 0.3) is 0 Å². The van der Waals surface area contributed by atoms with Crippen LogP contribution >= 0.6 is 15.9 Å². The minimum atomic E-state index is -0.355. The quantitative estimate of drug-likeness (QED) is 0.557. The highest BCUT2D eigenvalue weighted by Gasteiger charge is 2.38. The molecular formula is C17H22BrNO4. The summed E-state index contributed by atoms with van der Waals surface area (Å²) >= 11 is 3.43. The summed E-state index contributed by atoms with van der Waals surface area (Å²) in [5.74, 6) is -0.296. The van der Waals surface area contributed by atoms with E-state index in [1.807, 2.05) is 30.3 Å². The number of esters is 1. The van der Waals surface area contributed by atoms with Gasteiger partial charge < -0.3 is 14.4 Å². The molecule has 23 heavy (non-hydrogen) atoms. The number of hydrogen-bond donors (Lipinski definition) is 0. The lowest BCUT2D eigenvalue weighted by atomic mass is 10.1. The van der Waals surface area contributed by atoms with Crippen molar-refractivity contribution in [2.45, 2.75) is 44.4 Å². The lowest BCUT2D eigenvalue weighted by Crippen LogP contribution is -2.42. The van der Waals surface area contributed by atoms with Crippen LogP contribution in [0.2, 0.25) is 0 Å². The lowest BCUT2D eigenvalue weighted by molar-refractivity contribution is -0.141. The second kappa shape index (κ2) is 8.91. The number of nitrogens with zero attached hydrogens (tertiary/aromatic N) is 1. The Balaban J connectivity index is 2.00. The summed E-state index contributed by atoms with van der Waals surface area (Å²) in [4.78, 5) is 25.8. The van der Waals surface area contributed by atoms with E-state index in [1.165, 1.54) is 7.11 Å². The number of hydrogen-bond acceptors (Lipinski definition) is 4. The van der Waals surface area contributed by atoms with Crippen LogP contribution in [-0.4, -0.2) is 41.5 Å². The molecule has 1 saturated heterocycles. The number of rotatable bonds is 6. The van der Waals surface area contributed by atoms with Crippen LogP contribution < -0.4 is 0 Å². The second-order valence-electron chi connectivity index (χ2n) is 5.59. The number of likely N-dealkylation sites (tertiary alicyclic amines) is 1. The van der Waals surface area contributed by atoms with E-state index in [9.17, 15) is 9.59 Å². The highest BCUT2D eigenvalue weighted by molar-refractivity contribution is 9.09. The molecule has 1 aliphatic heterocycles. The molecule has 0 N–H and O–H groups in total. The zero-order valence-corrected chi connectivity index (χ0v) is 14.8. The van der Waals surface area contributed by atoms with Gasteiger partial charge >= 0.3 is 12.1 Å². The van der Waals surface area contributed by atoms with Crippen molar-refractivity contribution in [3.8, 4) is 0 Å². The summed E-state index contributed by atoms with van der Waals surface area (Å²) in [5, 5.41) is 0.811. The van der Waals surface area contributed by atoms with Gasteiger partial charge in [-0.25, -0.2) is 4.79 Å². The maximum atomic E-state index is 12.5. The average molecular weight is 384 g/mol. The number of carbonyl (C=O) groups is 2. The third-order valence-corrected chi connectivity index (χ3v) is 4.57. The van der Waals surface area contributed by atoms with Gasteiger partial charge in [0.05, 0.1) is 13.5 Å². The number of benzene rings is 1. The van der Waals surface area contributed by atoms with Gasteiger partial charge in [-0.2, -0.15) is 0 Å². The first-order chi connectivity index (χ1) is 11.2. The summed E-state index contributed by atoms with van der Waals surface area (Å²) in [6.45, 7) is 0.238. The molecule has 5 nitrogen and oxygen atoms in total. The average Bonchev–Trinajstić information content (AvgIpc) is 2.96. The molecule has 1 aromatic rings. The minimum Gasteiger partial charge on any atom is -0.469 e. The van der Waals surface area contributed by atoms with Gasteiger partial charge in [0.25, 0.3) is 0 Å². The second-order valence-corrected chi connectivity index (χ2v) is 6.38. The Hall–Kier alpha value is -1.56. The Morgan fingerprint density at radius 2 is 1.91 bits per heavy atom. The topological polar surface area (TPSA) is 55.8 Å². The molecule has 1 heterocycles. The van der Waals surface area contributed by atoms with E-state index in [0.717, 1.165) is 30.2 Å². The predicted octanol–water partition coefficient (Wildman–Crippen LogP) is 3.50. The molecule has 1 amide bonds. The van der Waals surface area contributed by atoms with E-state index >= 15 is 0 Å². The molecule has 126 valence electrons. The van der Waals surface area contributed by atoms with Crippen molar-refractivity contribution < 1.29 is 19.1 Å². The normalized spacial score (nSPS) is 20.3. The SMILES string of the molecule is COC(=O)C[C@@H]1CC[C@H](CCBr)N1C(=O)OCc1ccccc1. The van der Waals surface area contributed by atoms with Crippen molar-refractivity contribution in [3.05, 3.63) is 35.9 Å². The Kier molecular flexibility index (Phi) is 6.89. The van der Waals surface area contributed by atoms with Crippen LogP contribution in [0.15, 0.2) is 30.3 Å². The minimum absolute atomic E-state index is 0.104. The van der Waals surface area contributed by atoms with Crippen molar-refractivity contribution >= 4 is 28.0 Å². The predicted molar refractivity (Wildman–Crippen MR) is 90.3 cm³/mol. The van der Waals surface area contributed by atoms with Gasteiger partial charge in [0, 0.05) is 17.4 Å². The highest BCUT2D eigenvalue weighted by atomic mass is 79.9. The van der Waals surface area contributed by atoms with Gasteiger partial charge in [-0.15, -0.1) is 0 Å². The smallest absolute Gasteiger partial charge is 0.410 e. The Labute approximate surface area is 145 Å². The Bertz CT molecular complexity index is 523. The lowest BCUT2D eigenvalue weighted by Gasteiger charge is -2.29. The van der Waals surface area contributed by atoms with Crippen LogP contribution in [-0.2, 0) is 20.9 Å². The molecule has 2 rings (SSSR count). The van der Waals surface area contributed by atoms with Crippen molar-refractivity contribution in [1.82, 2.24) is 4.90 Å². The Morgan fingerprint density at radius 3 is 2.57 bits per heavy atom. The summed E-state index contributed by atoms with van der Waals surface area (Å²) in [6.07, 6.45) is 2.39. The van der Waals surface area contributed by atoms with Crippen molar-refractivity contribution in [1.29, 1.82) is 0 Å². The van der Waals surface area contributed by atoms with E-state index in [-0.39, 0.29) is 37.2 Å². The molecule has 1 aliphatic rings. The summed E-state index contributed by atoms with van der Waals surface area (Å²) in [5.41, 5.74) is 0.946. The van der Waals surface area contributed by atoms with Gasteiger partial charge in [-0.05, 0) is 24.8 Å². The largest absolute Gasteiger partial charge is 0.469 e. The number of halogens is 1. The maximum Gasteiger partial charge on any atom is 0.410 e. The van der Waals surface area contributed by atoms with Gasteiger partial charge in [-0.3, -0.25) is 4.79 Å². The molecule has 0 aliphatic carbocycles. The first-order valence-electron chi connectivity index (χ1n) is 7.77. The van der Waals surface area contributed by atoms with E-state index < -0.39 is 0 Å². The number of ether oxygens (including phenoxy) is 2. The third kappa shape index (κ3) is 4.96. The molecule has 0 aromatic heterocycles. The van der Waals surface area contributed by atoms with Crippen LogP contribution in [0, 0.1) is 0 Å². The zero-order chi connectivity index (χ0) is 16.7. The standard InChI is InChI=1S/C17H22BrNO4/c1-22-16(20)11-15-8-7-14(9-10-18)19(15)17(21)23-12-13-5-3-2-4-6-13/h2-6,14-15H,7-12H2,1H3/t14-,15+/m1/s1. The zero-order valence-electron chi connectivity index (χ0n) is 13.2. The maximum absolute atomic E-state index is 12.5. The van der Waals surface area contributed by atoms with Crippen LogP contribution in [0.1, 0.15) is 31.2 Å². The summed E-state index contributed by atoms with van der Waals surface area (Å²) in [6, 6.07) is 9.53. The van der Waals surface area contributed by atoms with Crippen molar-refractivity contribution in [2.75, 3.05) is 12.4 Å². The van der Waals surface area contributed by atoms with Gasteiger partial charge in [-0.1, -0.05) is 46.3 Å². The van der Waals surface area contributed by atoms with E-state index in [2.05, 4.69) is 15.9 Å². The van der Waals surface area contributed by atoms with Crippen LogP contribution in [0.4, 0.5) is 4.79 Å². The molecule has 1 aromatic carbocycles. The molecule has 0 spiro atoms. The van der Waals surface area contributed by atoms with E-state index in [0.29, 0.717) is 0 Å². The van der Waals surface area contributed by atoms with E-state index in [4.69, 9.17) is 9.47 Å². The molecule has 2 atom stereocenters. The molecule has 0 unspecified atom stereocenters. The monoisotopic (exact) mass is 383 g/mol.